The van der Waals surface area contributed by atoms with E-state index in [4.69, 9.17) is 0 Å². The van der Waals surface area contributed by atoms with E-state index in [-0.39, 0.29) is 5.54 Å². The Morgan fingerprint density at radius 1 is 1.21 bits per heavy atom. The fourth-order valence-electron chi connectivity index (χ4n) is 1.32. The van der Waals surface area contributed by atoms with Gasteiger partial charge in [-0.25, -0.2) is 0 Å². The lowest BCUT2D eigenvalue weighted by atomic mass is 10.1. The zero-order valence-corrected chi connectivity index (χ0v) is 16.2. The molecule has 0 spiro atoms. The zero-order chi connectivity index (χ0) is 14.0. The molecule has 1 saturated carbocycles. The molecule has 0 atom stereocenters. The largest absolute Gasteiger partial charge is 0.351 e. The van der Waals surface area contributed by atoms with Gasteiger partial charge in [0.2, 0.25) is 11.9 Å². The molecule has 19 heavy (non-hydrogen) atoms. The number of thioether (sulfide) groups is 1. The third kappa shape index (κ3) is 4.73. The number of aromatic nitrogens is 3. The molecule has 0 saturated heterocycles. The summed E-state index contributed by atoms with van der Waals surface area (Å²) in [5.74, 6) is 1.32. The lowest BCUT2D eigenvalue weighted by molar-refractivity contribution is 0.632. The molecule has 8 heteroatoms. The van der Waals surface area contributed by atoms with Crippen molar-refractivity contribution in [3.05, 3.63) is 0 Å². The molecule has 1 aromatic rings. The number of halogens is 2. The van der Waals surface area contributed by atoms with Crippen LogP contribution in [0.25, 0.3) is 0 Å². The van der Waals surface area contributed by atoms with Gasteiger partial charge in [0.15, 0.2) is 5.16 Å². The number of alkyl halides is 2. The van der Waals surface area contributed by atoms with Crippen molar-refractivity contribution in [2.75, 3.05) is 16.9 Å². The first-order chi connectivity index (χ1) is 8.90. The van der Waals surface area contributed by atoms with Crippen LogP contribution in [0.2, 0.25) is 0 Å². The quantitative estimate of drug-likeness (QED) is 0.351. The van der Waals surface area contributed by atoms with Crippen molar-refractivity contribution < 1.29 is 0 Å². The molecule has 1 aliphatic carbocycles. The standard InChI is InChI=1S/C11H17I2N5S/c1-11(2,7(12)13)18-9-15-8(14-6-4-5-6)16-10(17-9)19-3/h6-7H,4-5H2,1-3H3,(H2,14,15,16,17,18). The SMILES string of the molecule is CSc1nc(NC2CC2)nc(NC(C)(C)C(I)I)n1. The summed E-state index contributed by atoms with van der Waals surface area (Å²) in [6.07, 6.45) is 4.39. The molecule has 0 unspecified atom stereocenters. The second-order valence-electron chi connectivity index (χ2n) is 5.04. The fourth-order valence-corrected chi connectivity index (χ4v) is 1.99. The molecule has 0 amide bonds. The van der Waals surface area contributed by atoms with Gasteiger partial charge >= 0.3 is 0 Å². The lowest BCUT2D eigenvalue weighted by Crippen LogP contribution is -2.38. The van der Waals surface area contributed by atoms with E-state index in [0.717, 1.165) is 5.16 Å². The van der Waals surface area contributed by atoms with Crippen molar-refractivity contribution in [2.24, 2.45) is 0 Å². The van der Waals surface area contributed by atoms with E-state index in [1.165, 1.54) is 24.6 Å². The topological polar surface area (TPSA) is 62.7 Å². The monoisotopic (exact) mass is 505 g/mol. The lowest BCUT2D eigenvalue weighted by Gasteiger charge is -2.28. The van der Waals surface area contributed by atoms with Gasteiger partial charge in [0.1, 0.15) is 0 Å². The molecule has 0 bridgehead atoms. The summed E-state index contributed by atoms with van der Waals surface area (Å²) in [6, 6.07) is 0.542. The molecular formula is C11H17I2N5S. The van der Waals surface area contributed by atoms with Crippen LogP contribution in [0.4, 0.5) is 11.9 Å². The number of anilines is 2. The molecule has 0 aromatic carbocycles. The van der Waals surface area contributed by atoms with Crippen LogP contribution in [0.5, 0.6) is 0 Å². The smallest absolute Gasteiger partial charge is 0.228 e. The molecule has 0 radical (unpaired) electrons. The van der Waals surface area contributed by atoms with Gasteiger partial charge in [0.25, 0.3) is 0 Å². The van der Waals surface area contributed by atoms with Crippen molar-refractivity contribution >= 4 is 68.8 Å². The fraction of sp³-hybridized carbons (Fsp3) is 0.727. The van der Waals surface area contributed by atoms with E-state index in [1.807, 2.05) is 6.26 Å². The number of nitrogens with one attached hydrogen (secondary N) is 2. The maximum absolute atomic E-state index is 4.46. The van der Waals surface area contributed by atoms with E-state index in [0.29, 0.717) is 19.9 Å². The van der Waals surface area contributed by atoms with Gasteiger partial charge in [-0.05, 0) is 32.9 Å². The van der Waals surface area contributed by atoms with Gasteiger partial charge in [0.05, 0.1) is 7.47 Å². The van der Waals surface area contributed by atoms with Crippen LogP contribution in [0.3, 0.4) is 0 Å². The highest BCUT2D eigenvalue weighted by atomic mass is 127. The van der Waals surface area contributed by atoms with Gasteiger partial charge in [0, 0.05) is 6.04 Å². The third-order valence-electron chi connectivity index (χ3n) is 2.69. The normalized spacial score (nSPS) is 15.7. The highest BCUT2D eigenvalue weighted by Crippen LogP contribution is 2.28. The van der Waals surface area contributed by atoms with Crippen molar-refractivity contribution in [1.29, 1.82) is 0 Å². The summed E-state index contributed by atoms with van der Waals surface area (Å²) in [5.41, 5.74) is -0.0744. The first kappa shape index (κ1) is 15.8. The van der Waals surface area contributed by atoms with Crippen LogP contribution < -0.4 is 10.6 Å². The number of nitrogens with zero attached hydrogens (tertiary/aromatic N) is 3. The van der Waals surface area contributed by atoms with Crippen LogP contribution >= 0.6 is 56.9 Å². The Hall–Kier alpha value is 0.420. The van der Waals surface area contributed by atoms with Gasteiger partial charge in [-0.15, -0.1) is 0 Å². The summed E-state index contributed by atoms with van der Waals surface area (Å²) in [7, 11) is 0. The zero-order valence-electron chi connectivity index (χ0n) is 11.1. The van der Waals surface area contributed by atoms with Gasteiger partial charge in [-0.1, -0.05) is 56.9 Å². The van der Waals surface area contributed by atoms with Crippen LogP contribution in [0, 0.1) is 0 Å². The van der Waals surface area contributed by atoms with Crippen molar-refractivity contribution in [1.82, 2.24) is 15.0 Å². The van der Waals surface area contributed by atoms with Gasteiger partial charge in [-0.3, -0.25) is 0 Å². The maximum Gasteiger partial charge on any atom is 0.228 e. The minimum atomic E-state index is -0.0744. The molecule has 1 heterocycles. The first-order valence-corrected chi connectivity index (χ1v) is 9.75. The van der Waals surface area contributed by atoms with Crippen molar-refractivity contribution in [3.8, 4) is 0 Å². The Morgan fingerprint density at radius 3 is 2.37 bits per heavy atom. The number of hydrogen-bond acceptors (Lipinski definition) is 6. The Bertz CT molecular complexity index is 451. The predicted octanol–water partition coefficient (Wildman–Crippen LogP) is 3.55. The van der Waals surface area contributed by atoms with Crippen molar-refractivity contribution in [2.45, 2.75) is 45.4 Å². The summed E-state index contributed by atoms with van der Waals surface area (Å²) in [5, 5.41) is 7.47. The highest BCUT2D eigenvalue weighted by molar-refractivity contribution is 14.2. The minimum Gasteiger partial charge on any atom is -0.351 e. The Morgan fingerprint density at radius 2 is 1.84 bits per heavy atom. The summed E-state index contributed by atoms with van der Waals surface area (Å²) >= 11 is 6.33. The number of hydrogen-bond donors (Lipinski definition) is 2. The first-order valence-electron chi connectivity index (χ1n) is 6.03. The van der Waals surface area contributed by atoms with E-state index in [1.54, 1.807) is 0 Å². The summed E-state index contributed by atoms with van der Waals surface area (Å²) in [4.78, 5) is 13.3. The molecular weight excluding hydrogens is 488 g/mol. The molecule has 2 N–H and O–H groups in total. The van der Waals surface area contributed by atoms with Crippen LogP contribution in [0.1, 0.15) is 26.7 Å². The predicted molar refractivity (Wildman–Crippen MR) is 97.8 cm³/mol. The Kier molecular flexibility index (Phi) is 5.37. The van der Waals surface area contributed by atoms with Crippen LogP contribution in [-0.2, 0) is 0 Å². The Labute approximate surface area is 145 Å². The van der Waals surface area contributed by atoms with Crippen LogP contribution in [-0.4, -0.2) is 34.7 Å². The van der Waals surface area contributed by atoms with E-state index < -0.39 is 0 Å². The molecule has 1 aromatic heterocycles. The highest BCUT2D eigenvalue weighted by Gasteiger charge is 2.27. The summed E-state index contributed by atoms with van der Waals surface area (Å²) < 4.78 is 0.428. The Balaban J connectivity index is 2.18. The minimum absolute atomic E-state index is 0.0744. The van der Waals surface area contributed by atoms with E-state index >= 15 is 0 Å². The average Bonchev–Trinajstić information content (AvgIpc) is 3.11. The molecule has 0 aliphatic heterocycles. The van der Waals surface area contributed by atoms with E-state index in [9.17, 15) is 0 Å². The molecule has 1 aliphatic rings. The molecule has 106 valence electrons. The summed E-state index contributed by atoms with van der Waals surface area (Å²) in [6.45, 7) is 4.29. The average molecular weight is 505 g/mol. The second kappa shape index (κ2) is 6.46. The number of rotatable bonds is 6. The van der Waals surface area contributed by atoms with Gasteiger partial charge < -0.3 is 10.6 Å². The second-order valence-corrected chi connectivity index (χ2v) is 10.7. The van der Waals surface area contributed by atoms with E-state index in [2.05, 4.69) is 84.6 Å². The van der Waals surface area contributed by atoms with Crippen LogP contribution in [0.15, 0.2) is 5.16 Å². The molecule has 1 fully saturated rings. The third-order valence-corrected chi connectivity index (χ3v) is 6.35. The maximum atomic E-state index is 4.46. The molecule has 5 nitrogen and oxygen atoms in total. The van der Waals surface area contributed by atoms with Gasteiger partial charge in [-0.2, -0.15) is 15.0 Å². The molecule has 2 rings (SSSR count). The van der Waals surface area contributed by atoms with Crippen molar-refractivity contribution in [3.63, 3.8) is 0 Å².